The predicted octanol–water partition coefficient (Wildman–Crippen LogP) is 5.47. The van der Waals surface area contributed by atoms with Crippen LogP contribution in [0.4, 0.5) is 0 Å². The molecule has 0 saturated carbocycles. The largest absolute Gasteiger partial charge is 0.506 e. The maximum Gasteiger partial charge on any atom is 0.307 e. The maximum atomic E-state index is 12.3. The average molecular weight is 444 g/mol. The predicted molar refractivity (Wildman–Crippen MR) is 110 cm³/mol. The van der Waals surface area contributed by atoms with Gasteiger partial charge in [0.15, 0.2) is 5.76 Å². The summed E-state index contributed by atoms with van der Waals surface area (Å²) in [7, 11) is 0. The van der Waals surface area contributed by atoms with Crippen molar-refractivity contribution in [3.05, 3.63) is 75.4 Å². The molecule has 0 aliphatic rings. The Morgan fingerprint density at radius 1 is 1.15 bits per heavy atom. The van der Waals surface area contributed by atoms with Gasteiger partial charge in [-0.15, -0.1) is 0 Å². The molecule has 0 atom stereocenters. The van der Waals surface area contributed by atoms with Crippen LogP contribution in [-0.2, 0) is 0 Å². The van der Waals surface area contributed by atoms with Crippen molar-refractivity contribution in [1.29, 1.82) is 0 Å². The number of fused-ring (bicyclic) bond motifs is 3. The van der Waals surface area contributed by atoms with Crippen molar-refractivity contribution in [1.82, 2.24) is 5.43 Å². The van der Waals surface area contributed by atoms with Gasteiger partial charge in [0.25, 0.3) is 0 Å². The van der Waals surface area contributed by atoms with E-state index in [2.05, 4.69) is 26.5 Å². The van der Waals surface area contributed by atoms with Crippen LogP contribution < -0.4 is 5.43 Å². The molecule has 0 aliphatic carbocycles. The Morgan fingerprint density at radius 2 is 1.96 bits per heavy atom. The van der Waals surface area contributed by atoms with Gasteiger partial charge >= 0.3 is 5.91 Å². The van der Waals surface area contributed by atoms with E-state index in [1.165, 1.54) is 6.21 Å². The molecule has 4 rings (SSSR count). The van der Waals surface area contributed by atoms with Gasteiger partial charge < -0.3 is 9.52 Å². The molecule has 0 bridgehead atoms. The normalized spacial score (nSPS) is 11.5. The van der Waals surface area contributed by atoms with Gasteiger partial charge in [-0.1, -0.05) is 57.9 Å². The van der Waals surface area contributed by atoms with Gasteiger partial charge in [0.1, 0.15) is 11.3 Å². The minimum absolute atomic E-state index is 0.118. The van der Waals surface area contributed by atoms with Crippen molar-refractivity contribution in [3.63, 3.8) is 0 Å². The highest BCUT2D eigenvalue weighted by Gasteiger charge is 2.13. The smallest absolute Gasteiger partial charge is 0.307 e. The number of hydrogen-bond donors (Lipinski definition) is 2. The minimum Gasteiger partial charge on any atom is -0.506 e. The number of hydrazone groups is 1. The molecule has 0 saturated heterocycles. The molecule has 1 amide bonds. The molecule has 1 aromatic heterocycles. The molecule has 5 nitrogen and oxygen atoms in total. The Hall–Kier alpha value is -2.83. The summed E-state index contributed by atoms with van der Waals surface area (Å²) < 4.78 is 6.32. The van der Waals surface area contributed by atoms with E-state index < -0.39 is 5.91 Å². The van der Waals surface area contributed by atoms with Crippen molar-refractivity contribution in [2.24, 2.45) is 5.10 Å². The van der Waals surface area contributed by atoms with Crippen molar-refractivity contribution < 1.29 is 14.3 Å². The van der Waals surface area contributed by atoms with E-state index in [-0.39, 0.29) is 16.5 Å². The number of furan rings is 1. The summed E-state index contributed by atoms with van der Waals surface area (Å²) in [6.07, 6.45) is 1.31. The molecule has 7 heteroatoms. The van der Waals surface area contributed by atoms with Gasteiger partial charge in [0.2, 0.25) is 0 Å². The first kappa shape index (κ1) is 17.6. The lowest BCUT2D eigenvalue weighted by Gasteiger charge is -2.02. The van der Waals surface area contributed by atoms with E-state index in [1.54, 1.807) is 18.2 Å². The van der Waals surface area contributed by atoms with Crippen LogP contribution in [-0.4, -0.2) is 17.2 Å². The number of amides is 1. The summed E-state index contributed by atoms with van der Waals surface area (Å²) in [5, 5.41) is 16.9. The van der Waals surface area contributed by atoms with E-state index in [1.807, 2.05) is 36.4 Å². The fourth-order valence-electron chi connectivity index (χ4n) is 2.80. The Labute approximate surface area is 167 Å². The number of halogens is 2. The Bertz CT molecular complexity index is 1220. The Balaban J connectivity index is 1.59. The zero-order chi connectivity index (χ0) is 19.0. The first-order valence-corrected chi connectivity index (χ1v) is 9.13. The van der Waals surface area contributed by atoms with E-state index in [9.17, 15) is 9.90 Å². The quantitative estimate of drug-likeness (QED) is 0.326. The minimum atomic E-state index is -0.493. The Morgan fingerprint density at radius 3 is 2.81 bits per heavy atom. The fourth-order valence-corrected chi connectivity index (χ4v) is 3.64. The van der Waals surface area contributed by atoms with Gasteiger partial charge in [0, 0.05) is 15.4 Å². The highest BCUT2D eigenvalue weighted by Crippen LogP contribution is 2.30. The van der Waals surface area contributed by atoms with E-state index >= 15 is 0 Å². The molecule has 134 valence electrons. The second-order valence-electron chi connectivity index (χ2n) is 5.83. The van der Waals surface area contributed by atoms with E-state index in [4.69, 9.17) is 16.0 Å². The molecule has 0 fully saturated rings. The van der Waals surface area contributed by atoms with Gasteiger partial charge in [0.05, 0.1) is 11.2 Å². The van der Waals surface area contributed by atoms with E-state index in [0.717, 1.165) is 16.2 Å². The molecule has 1 heterocycles. The summed E-state index contributed by atoms with van der Waals surface area (Å²) >= 11 is 9.19. The number of carbonyl (C=O) groups is 1. The summed E-state index contributed by atoms with van der Waals surface area (Å²) in [5.41, 5.74) is 3.38. The van der Waals surface area contributed by atoms with Gasteiger partial charge in [-0.25, -0.2) is 5.43 Å². The molecule has 0 unspecified atom stereocenters. The van der Waals surface area contributed by atoms with Gasteiger partial charge in [-0.3, -0.25) is 4.79 Å². The lowest BCUT2D eigenvalue weighted by molar-refractivity contribution is 0.0929. The van der Waals surface area contributed by atoms with Crippen molar-refractivity contribution >= 4 is 61.4 Å². The molecule has 0 aliphatic heterocycles. The summed E-state index contributed by atoms with van der Waals surface area (Å²) in [4.78, 5) is 12.3. The number of phenols is 1. The summed E-state index contributed by atoms with van der Waals surface area (Å²) in [5.74, 6) is -0.463. The third-order valence-corrected chi connectivity index (χ3v) is 4.82. The second kappa shape index (κ2) is 7.06. The molecule has 0 spiro atoms. The zero-order valence-electron chi connectivity index (χ0n) is 13.7. The lowest BCUT2D eigenvalue weighted by atomic mass is 10.1. The molecule has 4 aromatic rings. The van der Waals surface area contributed by atoms with Crippen molar-refractivity contribution in [2.45, 2.75) is 0 Å². The first-order valence-electron chi connectivity index (χ1n) is 7.95. The highest BCUT2D eigenvalue weighted by molar-refractivity contribution is 9.10. The topological polar surface area (TPSA) is 74.8 Å². The van der Waals surface area contributed by atoms with Crippen LogP contribution in [0.5, 0.6) is 5.75 Å². The lowest BCUT2D eigenvalue weighted by Crippen LogP contribution is -2.16. The number of benzene rings is 3. The zero-order valence-corrected chi connectivity index (χ0v) is 16.1. The number of hydrogen-bond acceptors (Lipinski definition) is 4. The SMILES string of the molecule is O=C(N/N=C\c1cc(Br)cc(Cl)c1O)c1cc2c(ccc3ccccc32)o1. The molecule has 27 heavy (non-hydrogen) atoms. The second-order valence-corrected chi connectivity index (χ2v) is 7.16. The van der Waals surface area contributed by atoms with Crippen LogP contribution in [0.3, 0.4) is 0 Å². The number of nitrogens with zero attached hydrogens (tertiary/aromatic N) is 1. The fraction of sp³-hybridized carbons (Fsp3) is 0. The van der Waals surface area contributed by atoms with Gasteiger partial charge in [-0.05, 0) is 35.0 Å². The third kappa shape index (κ3) is 3.41. The van der Waals surface area contributed by atoms with Crippen LogP contribution in [0.15, 0.2) is 68.6 Å². The third-order valence-electron chi connectivity index (χ3n) is 4.08. The van der Waals surface area contributed by atoms with Crippen molar-refractivity contribution in [2.75, 3.05) is 0 Å². The molecule has 0 radical (unpaired) electrons. The molecule has 2 N–H and O–H groups in total. The number of aromatic hydroxyl groups is 1. The van der Waals surface area contributed by atoms with Crippen LogP contribution in [0.2, 0.25) is 5.02 Å². The van der Waals surface area contributed by atoms with Crippen LogP contribution in [0.1, 0.15) is 16.1 Å². The Kier molecular flexibility index (Phi) is 4.59. The van der Waals surface area contributed by atoms with E-state index in [0.29, 0.717) is 15.6 Å². The maximum absolute atomic E-state index is 12.3. The van der Waals surface area contributed by atoms with Crippen LogP contribution in [0.25, 0.3) is 21.7 Å². The average Bonchev–Trinajstić information content (AvgIpc) is 3.10. The standard InChI is InChI=1S/C20H12BrClN2O3/c21-13-7-12(19(25)16(22)8-13)10-23-24-20(26)18-9-15-14-4-2-1-3-11(14)5-6-17(15)27-18/h1-10,25H,(H,24,26)/b23-10-. The number of phenolic OH excluding ortho intramolecular Hbond substituents is 1. The van der Waals surface area contributed by atoms with Crippen LogP contribution >= 0.6 is 27.5 Å². The van der Waals surface area contributed by atoms with Crippen molar-refractivity contribution in [3.8, 4) is 5.75 Å². The van der Waals surface area contributed by atoms with Gasteiger partial charge in [-0.2, -0.15) is 5.10 Å². The summed E-state index contributed by atoms with van der Waals surface area (Å²) in [6, 6.07) is 16.5. The first-order chi connectivity index (χ1) is 13.0. The number of nitrogens with one attached hydrogen (secondary N) is 1. The van der Waals surface area contributed by atoms with Crippen LogP contribution in [0, 0.1) is 0 Å². The summed E-state index contributed by atoms with van der Waals surface area (Å²) in [6.45, 7) is 0. The monoisotopic (exact) mass is 442 g/mol. The molecular weight excluding hydrogens is 432 g/mol. The highest BCUT2D eigenvalue weighted by atomic mass is 79.9. The molecule has 3 aromatic carbocycles. The molecular formula is C20H12BrClN2O3. The number of carbonyl (C=O) groups excluding carboxylic acids is 1. The number of rotatable bonds is 3.